The summed E-state index contributed by atoms with van der Waals surface area (Å²) in [4.78, 5) is 10.5. The van der Waals surface area contributed by atoms with Gasteiger partial charge in [0.15, 0.2) is 5.96 Å². The second kappa shape index (κ2) is 9.58. The van der Waals surface area contributed by atoms with Gasteiger partial charge in [-0.25, -0.2) is 17.7 Å². The summed E-state index contributed by atoms with van der Waals surface area (Å²) >= 11 is 0. The molecule has 0 bridgehead atoms. The van der Waals surface area contributed by atoms with Gasteiger partial charge in [0, 0.05) is 33.7 Å². The Morgan fingerprint density at radius 3 is 2.50 bits per heavy atom. The summed E-state index contributed by atoms with van der Waals surface area (Å²) in [6.45, 7) is 8.05. The molecule has 0 fully saturated rings. The minimum Gasteiger partial charge on any atom is -0.357 e. The van der Waals surface area contributed by atoms with Gasteiger partial charge in [-0.1, -0.05) is 13.8 Å². The molecular weight excluding hydrogens is 330 g/mol. The highest BCUT2D eigenvalue weighted by Crippen LogP contribution is 2.02. The number of sulfonamides is 1. The molecule has 0 saturated carbocycles. The van der Waals surface area contributed by atoms with Crippen LogP contribution >= 0.6 is 0 Å². The van der Waals surface area contributed by atoms with E-state index in [4.69, 9.17) is 0 Å². The molecule has 0 spiro atoms. The van der Waals surface area contributed by atoms with Crippen LogP contribution in [-0.4, -0.2) is 77.3 Å². The molecule has 9 nitrogen and oxygen atoms in total. The Bertz CT molecular complexity index is 623. The number of rotatable bonds is 9. The van der Waals surface area contributed by atoms with Gasteiger partial charge in [-0.3, -0.25) is 9.67 Å². The molecule has 1 N–H and O–H groups in total. The van der Waals surface area contributed by atoms with Crippen molar-refractivity contribution < 1.29 is 8.42 Å². The second-order valence-electron chi connectivity index (χ2n) is 5.29. The number of nitrogens with zero attached hydrogens (tertiary/aromatic N) is 6. The van der Waals surface area contributed by atoms with Crippen LogP contribution < -0.4 is 5.32 Å². The normalized spacial score (nSPS) is 12.7. The fourth-order valence-electron chi connectivity index (χ4n) is 2.23. The van der Waals surface area contributed by atoms with E-state index >= 15 is 0 Å². The average molecular weight is 360 g/mol. The predicted molar refractivity (Wildman–Crippen MR) is 95.2 cm³/mol. The van der Waals surface area contributed by atoms with Crippen LogP contribution in [0.3, 0.4) is 0 Å². The van der Waals surface area contributed by atoms with Crippen molar-refractivity contribution in [3.8, 4) is 0 Å². The summed E-state index contributed by atoms with van der Waals surface area (Å²) < 4.78 is 27.6. The number of aromatic nitrogens is 3. The average Bonchev–Trinajstić information content (AvgIpc) is 2.92. The zero-order valence-corrected chi connectivity index (χ0v) is 16.0. The minimum atomic E-state index is -3.26. The molecule has 0 aliphatic heterocycles. The van der Waals surface area contributed by atoms with Crippen LogP contribution in [0.15, 0.2) is 11.3 Å². The van der Waals surface area contributed by atoms with Crippen molar-refractivity contribution >= 4 is 16.0 Å². The maximum atomic E-state index is 12.2. The number of hydrogen-bond acceptors (Lipinski definition) is 5. The Morgan fingerprint density at radius 2 is 2.00 bits per heavy atom. The first-order chi connectivity index (χ1) is 11.4. The zero-order chi connectivity index (χ0) is 18.2. The van der Waals surface area contributed by atoms with E-state index in [1.165, 1.54) is 10.6 Å². The van der Waals surface area contributed by atoms with Gasteiger partial charge in [0.05, 0.1) is 18.8 Å². The number of guanidine groups is 1. The van der Waals surface area contributed by atoms with E-state index in [2.05, 4.69) is 20.4 Å². The lowest BCUT2D eigenvalue weighted by molar-refractivity contribution is 0.443. The van der Waals surface area contributed by atoms with E-state index in [1.807, 2.05) is 39.8 Å². The van der Waals surface area contributed by atoms with Crippen molar-refractivity contribution in [2.75, 3.05) is 39.0 Å². The lowest BCUT2D eigenvalue weighted by Gasteiger charge is -2.22. The number of aliphatic imine (C=N–C) groups is 1. The van der Waals surface area contributed by atoms with Crippen LogP contribution in [0, 0.1) is 0 Å². The van der Waals surface area contributed by atoms with Crippen molar-refractivity contribution in [1.82, 2.24) is 29.3 Å². The van der Waals surface area contributed by atoms with Crippen molar-refractivity contribution in [2.45, 2.75) is 27.3 Å². The van der Waals surface area contributed by atoms with Crippen LogP contribution in [-0.2, 0) is 23.6 Å². The molecular formula is C14H29N7O2S. The largest absolute Gasteiger partial charge is 0.357 e. The highest BCUT2D eigenvalue weighted by atomic mass is 32.2. The quantitative estimate of drug-likeness (QED) is 0.488. The first kappa shape index (κ1) is 20.4. The first-order valence-electron chi connectivity index (χ1n) is 8.15. The molecule has 1 rings (SSSR count). The van der Waals surface area contributed by atoms with Gasteiger partial charge in [0.2, 0.25) is 10.0 Å². The van der Waals surface area contributed by atoms with E-state index in [9.17, 15) is 8.42 Å². The number of aryl methyl sites for hydroxylation is 1. The highest BCUT2D eigenvalue weighted by molar-refractivity contribution is 7.89. The monoisotopic (exact) mass is 359 g/mol. The summed E-state index contributed by atoms with van der Waals surface area (Å²) in [6, 6.07) is 0. The van der Waals surface area contributed by atoms with Crippen LogP contribution in [0.2, 0.25) is 0 Å². The minimum absolute atomic E-state index is 0.00136. The summed E-state index contributed by atoms with van der Waals surface area (Å²) in [7, 11) is 0.452. The molecule has 0 atom stereocenters. The van der Waals surface area contributed by atoms with Gasteiger partial charge in [-0.15, -0.1) is 0 Å². The van der Waals surface area contributed by atoms with Crippen LogP contribution in [0.4, 0.5) is 0 Å². The lowest BCUT2D eigenvalue weighted by Crippen LogP contribution is -2.39. The Labute approximate surface area is 144 Å². The SMILES string of the molecule is CCNC(=NCCS(=O)(=O)N(CC)CC)N(C)Cc1ncnn1C. The van der Waals surface area contributed by atoms with Gasteiger partial charge in [0.1, 0.15) is 12.2 Å². The molecule has 0 radical (unpaired) electrons. The Morgan fingerprint density at radius 1 is 1.33 bits per heavy atom. The van der Waals surface area contributed by atoms with E-state index in [-0.39, 0.29) is 12.3 Å². The van der Waals surface area contributed by atoms with Crippen molar-refractivity contribution in [3.63, 3.8) is 0 Å². The van der Waals surface area contributed by atoms with Gasteiger partial charge in [-0.05, 0) is 6.92 Å². The predicted octanol–water partition coefficient (Wildman–Crippen LogP) is -0.116. The molecule has 0 saturated heterocycles. The highest BCUT2D eigenvalue weighted by Gasteiger charge is 2.18. The molecule has 138 valence electrons. The Hall–Kier alpha value is -1.68. The van der Waals surface area contributed by atoms with E-state index < -0.39 is 10.0 Å². The van der Waals surface area contributed by atoms with Crippen LogP contribution in [0.25, 0.3) is 0 Å². The molecule has 10 heteroatoms. The summed E-state index contributed by atoms with van der Waals surface area (Å²) in [6.07, 6.45) is 1.50. The fraction of sp³-hybridized carbons (Fsp3) is 0.786. The molecule has 0 aromatic carbocycles. The standard InChI is InChI=1S/C14H29N7O2S/c1-6-15-14(19(4)11-13-17-12-18-20(13)5)16-9-10-24(22,23)21(7-2)8-3/h12H,6-11H2,1-5H3,(H,15,16). The topological polar surface area (TPSA) is 95.7 Å². The summed E-state index contributed by atoms with van der Waals surface area (Å²) in [5, 5.41) is 7.21. The van der Waals surface area contributed by atoms with Gasteiger partial charge in [-0.2, -0.15) is 5.10 Å². The summed E-state index contributed by atoms with van der Waals surface area (Å²) in [5.41, 5.74) is 0. The van der Waals surface area contributed by atoms with Crippen molar-refractivity contribution in [1.29, 1.82) is 0 Å². The number of hydrogen-bond donors (Lipinski definition) is 1. The molecule has 0 unspecified atom stereocenters. The smallest absolute Gasteiger partial charge is 0.215 e. The molecule has 0 amide bonds. The fourth-order valence-corrected chi connectivity index (χ4v) is 3.60. The lowest BCUT2D eigenvalue weighted by atomic mass is 10.5. The van der Waals surface area contributed by atoms with Crippen LogP contribution in [0.5, 0.6) is 0 Å². The molecule has 0 aliphatic rings. The van der Waals surface area contributed by atoms with Crippen LogP contribution in [0.1, 0.15) is 26.6 Å². The molecule has 1 aromatic heterocycles. The van der Waals surface area contributed by atoms with Gasteiger partial charge < -0.3 is 10.2 Å². The Kier molecular flexibility index (Phi) is 8.13. The first-order valence-corrected chi connectivity index (χ1v) is 9.76. The van der Waals surface area contributed by atoms with Gasteiger partial charge >= 0.3 is 0 Å². The third-order valence-corrected chi connectivity index (χ3v) is 5.59. The second-order valence-corrected chi connectivity index (χ2v) is 7.38. The van der Waals surface area contributed by atoms with Crippen molar-refractivity contribution in [3.05, 3.63) is 12.2 Å². The van der Waals surface area contributed by atoms with Crippen molar-refractivity contribution in [2.24, 2.45) is 12.0 Å². The van der Waals surface area contributed by atoms with E-state index in [0.717, 1.165) is 5.82 Å². The van der Waals surface area contributed by atoms with E-state index in [1.54, 1.807) is 4.68 Å². The molecule has 1 heterocycles. The van der Waals surface area contributed by atoms with E-state index in [0.29, 0.717) is 32.1 Å². The third kappa shape index (κ3) is 5.75. The third-order valence-electron chi connectivity index (χ3n) is 3.59. The Balaban J connectivity index is 2.73. The zero-order valence-electron chi connectivity index (χ0n) is 15.2. The molecule has 1 aromatic rings. The number of nitrogens with one attached hydrogen (secondary N) is 1. The molecule has 24 heavy (non-hydrogen) atoms. The maximum Gasteiger partial charge on any atom is 0.215 e. The maximum absolute atomic E-state index is 12.2. The van der Waals surface area contributed by atoms with Gasteiger partial charge in [0.25, 0.3) is 0 Å². The summed E-state index contributed by atoms with van der Waals surface area (Å²) in [5.74, 6) is 1.45. The molecule has 0 aliphatic carbocycles.